The highest BCUT2D eigenvalue weighted by Crippen LogP contribution is 2.45. The third-order valence-electron chi connectivity index (χ3n) is 18.1. The van der Waals surface area contributed by atoms with Gasteiger partial charge in [0.05, 0.1) is 26.4 Å². The molecule has 6 atom stereocenters. The number of rotatable bonds is 76. The van der Waals surface area contributed by atoms with Gasteiger partial charge in [-0.25, -0.2) is 9.13 Å². The van der Waals surface area contributed by atoms with Crippen molar-refractivity contribution in [3.05, 3.63) is 0 Å². The van der Waals surface area contributed by atoms with Crippen LogP contribution >= 0.6 is 15.6 Å². The number of carbonyl (C=O) groups is 4. The van der Waals surface area contributed by atoms with Gasteiger partial charge in [0.15, 0.2) is 12.2 Å². The van der Waals surface area contributed by atoms with E-state index >= 15 is 0 Å². The van der Waals surface area contributed by atoms with E-state index in [1.807, 2.05) is 0 Å². The Balaban J connectivity index is 5.20. The SMILES string of the molecule is CCCCCCCCCCCCCCCCCCCCCCC(=O)O[C@H](COC(=O)CCCCCCCCCCCCCCCCC)COP(=O)(O)OC[C@@H](O)COP(=O)(O)OC[C@@H](COC(=O)CCCCCCCCCCCC)OC(=O)CCCCCCCCC(C)CC. The third-order valence-corrected chi connectivity index (χ3v) is 20.0. The van der Waals surface area contributed by atoms with Crippen LogP contribution in [-0.2, 0) is 65.4 Å². The Morgan fingerprint density at radius 2 is 0.505 bits per heavy atom. The summed E-state index contributed by atoms with van der Waals surface area (Å²) in [6, 6.07) is 0. The second-order valence-corrected chi connectivity index (χ2v) is 30.5. The van der Waals surface area contributed by atoms with E-state index < -0.39 is 97.5 Å². The zero-order valence-corrected chi connectivity index (χ0v) is 63.6. The van der Waals surface area contributed by atoms with Crippen molar-refractivity contribution >= 4 is 39.5 Å². The highest BCUT2D eigenvalue weighted by molar-refractivity contribution is 7.47. The molecule has 0 aromatic carbocycles. The second-order valence-electron chi connectivity index (χ2n) is 27.6. The van der Waals surface area contributed by atoms with Crippen molar-refractivity contribution in [3.63, 3.8) is 0 Å². The number of hydrogen-bond acceptors (Lipinski definition) is 15. The van der Waals surface area contributed by atoms with Gasteiger partial charge in [0.1, 0.15) is 19.3 Å². The molecule has 0 saturated heterocycles. The minimum absolute atomic E-state index is 0.104. The van der Waals surface area contributed by atoms with Gasteiger partial charge >= 0.3 is 39.5 Å². The molecule has 0 heterocycles. The fourth-order valence-electron chi connectivity index (χ4n) is 11.7. The molecule has 0 spiro atoms. The average molecular weight is 1400 g/mol. The summed E-state index contributed by atoms with van der Waals surface area (Å²) >= 11 is 0. The van der Waals surface area contributed by atoms with Crippen molar-refractivity contribution in [3.8, 4) is 0 Å². The van der Waals surface area contributed by atoms with E-state index in [0.717, 1.165) is 95.8 Å². The maximum absolute atomic E-state index is 13.1. The minimum Gasteiger partial charge on any atom is -0.462 e. The summed E-state index contributed by atoms with van der Waals surface area (Å²) in [5.74, 6) is -1.40. The van der Waals surface area contributed by atoms with Gasteiger partial charge in [-0.2, -0.15) is 0 Å². The van der Waals surface area contributed by atoms with Gasteiger partial charge in [0.25, 0.3) is 0 Å². The van der Waals surface area contributed by atoms with Crippen LogP contribution < -0.4 is 0 Å². The topological polar surface area (TPSA) is 237 Å². The number of carbonyl (C=O) groups excluding carboxylic acids is 4. The fourth-order valence-corrected chi connectivity index (χ4v) is 13.3. The summed E-state index contributed by atoms with van der Waals surface area (Å²) in [7, 11) is -9.91. The predicted octanol–water partition coefficient (Wildman–Crippen LogP) is 22.5. The number of hydrogen-bond donors (Lipinski definition) is 3. The molecule has 0 aromatic heterocycles. The molecular weight excluding hydrogens is 1250 g/mol. The van der Waals surface area contributed by atoms with Crippen LogP contribution in [0.25, 0.3) is 0 Å². The van der Waals surface area contributed by atoms with E-state index in [1.165, 1.54) is 225 Å². The van der Waals surface area contributed by atoms with Gasteiger partial charge in [-0.05, 0) is 31.6 Å². The molecule has 0 fully saturated rings. The molecule has 0 saturated carbocycles. The predicted molar refractivity (Wildman–Crippen MR) is 386 cm³/mol. The number of phosphoric acid groups is 2. The van der Waals surface area contributed by atoms with E-state index in [-0.39, 0.29) is 25.7 Å². The number of unbranched alkanes of at least 4 members (excludes halogenated alkanes) is 47. The van der Waals surface area contributed by atoms with Crippen LogP contribution in [0.15, 0.2) is 0 Å². The fraction of sp³-hybridized carbons (Fsp3) is 0.947. The standard InChI is InChI=1S/C76H148O17P2/c1-6-10-13-16-19-22-25-27-29-30-31-32-33-35-37-39-42-45-51-56-61-75(80)92-71(65-86-74(79)60-55-50-44-41-38-36-34-28-26-23-20-17-14-11-7-2)67-90-94(82,83)88-63-70(77)64-89-95(84,85)91-68-72(93-76(81)62-57-52-47-46-48-53-58-69(5)9-4)66-87-73(78)59-54-49-43-40-24-21-18-15-12-8-3/h69-72,77H,6-68H2,1-5H3,(H,82,83)(H,84,85)/t69?,70-,71-,72-/m1/s1. The summed E-state index contributed by atoms with van der Waals surface area (Å²) in [6.07, 6.45) is 58.4. The third kappa shape index (κ3) is 69.0. The highest BCUT2D eigenvalue weighted by atomic mass is 31.2. The van der Waals surface area contributed by atoms with Crippen molar-refractivity contribution in [2.75, 3.05) is 39.6 Å². The number of aliphatic hydroxyl groups is 1. The normalized spacial score (nSPS) is 14.2. The molecule has 0 radical (unpaired) electrons. The molecule has 3 N–H and O–H groups in total. The lowest BCUT2D eigenvalue weighted by Gasteiger charge is -2.21. The van der Waals surface area contributed by atoms with Crippen LogP contribution in [0.4, 0.5) is 0 Å². The van der Waals surface area contributed by atoms with Crippen LogP contribution in [-0.4, -0.2) is 96.7 Å². The first-order valence-corrected chi connectivity index (χ1v) is 42.7. The number of aliphatic hydroxyl groups excluding tert-OH is 1. The van der Waals surface area contributed by atoms with Crippen molar-refractivity contribution in [1.82, 2.24) is 0 Å². The van der Waals surface area contributed by atoms with E-state index in [4.69, 9.17) is 37.0 Å². The lowest BCUT2D eigenvalue weighted by atomic mass is 10.00. The molecule has 0 rings (SSSR count). The quantitative estimate of drug-likeness (QED) is 0.0222. The summed E-state index contributed by atoms with van der Waals surface area (Å²) in [6.45, 7) is 7.23. The Kier molecular flexibility index (Phi) is 67.7. The lowest BCUT2D eigenvalue weighted by molar-refractivity contribution is -0.161. The van der Waals surface area contributed by atoms with Crippen LogP contribution in [0.3, 0.4) is 0 Å². The van der Waals surface area contributed by atoms with E-state index in [0.29, 0.717) is 25.7 Å². The molecule has 95 heavy (non-hydrogen) atoms. The van der Waals surface area contributed by atoms with Gasteiger partial charge < -0.3 is 33.8 Å². The second kappa shape index (κ2) is 69.2. The molecular formula is C76H148O17P2. The first-order valence-electron chi connectivity index (χ1n) is 39.7. The molecule has 0 aromatic rings. The highest BCUT2D eigenvalue weighted by Gasteiger charge is 2.30. The van der Waals surface area contributed by atoms with Crippen molar-refractivity contribution in [2.45, 2.75) is 419 Å². The molecule has 0 bridgehead atoms. The Morgan fingerprint density at radius 3 is 0.747 bits per heavy atom. The summed E-state index contributed by atoms with van der Waals surface area (Å²) < 4.78 is 68.5. The number of esters is 4. The van der Waals surface area contributed by atoms with Crippen molar-refractivity contribution in [1.29, 1.82) is 0 Å². The van der Waals surface area contributed by atoms with E-state index in [2.05, 4.69) is 34.6 Å². The first kappa shape index (κ1) is 93.1. The smallest absolute Gasteiger partial charge is 0.462 e. The van der Waals surface area contributed by atoms with Gasteiger partial charge in [0.2, 0.25) is 0 Å². The first-order chi connectivity index (χ1) is 46.1. The van der Waals surface area contributed by atoms with Crippen LogP contribution in [0.5, 0.6) is 0 Å². The van der Waals surface area contributed by atoms with Crippen LogP contribution in [0, 0.1) is 5.92 Å². The van der Waals surface area contributed by atoms with Gasteiger partial charge in [0, 0.05) is 25.7 Å². The molecule has 19 heteroatoms. The number of ether oxygens (including phenoxy) is 4. The molecule has 17 nitrogen and oxygen atoms in total. The maximum Gasteiger partial charge on any atom is 0.472 e. The zero-order valence-electron chi connectivity index (χ0n) is 61.8. The zero-order chi connectivity index (χ0) is 69.8. The van der Waals surface area contributed by atoms with Crippen LogP contribution in [0.2, 0.25) is 0 Å². The van der Waals surface area contributed by atoms with Gasteiger partial charge in [-0.3, -0.25) is 37.3 Å². The Hall–Kier alpha value is -1.94. The van der Waals surface area contributed by atoms with Crippen molar-refractivity contribution < 1.29 is 80.2 Å². The molecule has 0 aliphatic heterocycles. The van der Waals surface area contributed by atoms with Crippen LogP contribution in [0.1, 0.15) is 401 Å². The Labute approximate surface area is 581 Å². The lowest BCUT2D eigenvalue weighted by Crippen LogP contribution is -2.30. The molecule has 564 valence electrons. The van der Waals surface area contributed by atoms with E-state index in [9.17, 15) is 43.2 Å². The van der Waals surface area contributed by atoms with Gasteiger partial charge in [-0.1, -0.05) is 349 Å². The van der Waals surface area contributed by atoms with Crippen molar-refractivity contribution in [2.24, 2.45) is 5.92 Å². The monoisotopic (exact) mass is 1400 g/mol. The Bertz CT molecular complexity index is 1820. The van der Waals surface area contributed by atoms with Gasteiger partial charge in [-0.15, -0.1) is 0 Å². The summed E-state index contributed by atoms with van der Waals surface area (Å²) in [5.41, 5.74) is 0. The molecule has 0 aliphatic carbocycles. The average Bonchev–Trinajstić information content (AvgIpc) is 1.42. The minimum atomic E-state index is -4.96. The van der Waals surface area contributed by atoms with E-state index in [1.54, 1.807) is 0 Å². The number of phosphoric ester groups is 2. The molecule has 0 amide bonds. The summed E-state index contributed by atoms with van der Waals surface area (Å²) in [5, 5.41) is 10.6. The summed E-state index contributed by atoms with van der Waals surface area (Å²) in [4.78, 5) is 72.7. The molecule has 3 unspecified atom stereocenters. The largest absolute Gasteiger partial charge is 0.472 e. The maximum atomic E-state index is 13.1. The Morgan fingerprint density at radius 1 is 0.295 bits per heavy atom. The molecule has 0 aliphatic rings.